The second-order valence-corrected chi connectivity index (χ2v) is 5.18. The first kappa shape index (κ1) is 14.8. The van der Waals surface area contributed by atoms with Crippen molar-refractivity contribution in [3.63, 3.8) is 0 Å². The van der Waals surface area contributed by atoms with Crippen molar-refractivity contribution in [1.82, 2.24) is 0 Å². The maximum atomic E-state index is 12.8. The number of carbonyl (C=O) groups excluding carboxylic acids is 1. The summed E-state index contributed by atoms with van der Waals surface area (Å²) in [4.78, 5) is 25.2. The Bertz CT molecular complexity index is 859. The molecular weight excluding hydrogens is 290 g/mol. The number of carboxylic acids is 1. The first-order valence-corrected chi connectivity index (χ1v) is 7.22. The molecule has 1 N–H and O–H groups in total. The van der Waals surface area contributed by atoms with Crippen molar-refractivity contribution in [3.05, 3.63) is 78.4 Å². The molecule has 3 aromatic rings. The molecule has 1 amide bonds. The molecule has 4 nitrogen and oxygen atoms in total. The Labute approximate surface area is 133 Å². The second kappa shape index (κ2) is 6.32. The first-order valence-electron chi connectivity index (χ1n) is 7.22. The third kappa shape index (κ3) is 3.21. The minimum Gasteiger partial charge on any atom is -0.480 e. The smallest absolute Gasteiger partial charge is 0.323 e. The van der Waals surface area contributed by atoms with Crippen molar-refractivity contribution < 1.29 is 14.7 Å². The molecule has 0 aliphatic rings. The molecule has 0 aliphatic heterocycles. The number of benzene rings is 3. The standard InChI is InChI=1S/C19H15NO3/c21-18(22)13-20(17-8-2-1-3-9-17)19(23)16-11-10-14-6-4-5-7-15(14)12-16/h1-12H,13H2,(H,21,22). The number of aliphatic carboxylic acids is 1. The molecule has 0 unspecified atom stereocenters. The van der Waals surface area contributed by atoms with Crippen molar-refractivity contribution in [1.29, 1.82) is 0 Å². The molecular formula is C19H15NO3. The largest absolute Gasteiger partial charge is 0.480 e. The molecule has 0 radical (unpaired) electrons. The number of hydrogen-bond donors (Lipinski definition) is 1. The van der Waals surface area contributed by atoms with Crippen LogP contribution in [0.25, 0.3) is 10.8 Å². The lowest BCUT2D eigenvalue weighted by Gasteiger charge is -2.21. The van der Waals surface area contributed by atoms with Gasteiger partial charge in [-0.1, -0.05) is 48.5 Å². The Balaban J connectivity index is 2.00. The molecule has 3 aromatic carbocycles. The van der Waals surface area contributed by atoms with Crippen LogP contribution in [0.15, 0.2) is 72.8 Å². The van der Waals surface area contributed by atoms with Gasteiger partial charge in [-0.3, -0.25) is 14.5 Å². The number of nitrogens with zero attached hydrogens (tertiary/aromatic N) is 1. The summed E-state index contributed by atoms with van der Waals surface area (Å²) < 4.78 is 0. The molecule has 0 atom stereocenters. The van der Waals surface area contributed by atoms with E-state index in [1.54, 1.807) is 36.4 Å². The van der Waals surface area contributed by atoms with Crippen molar-refractivity contribution in [2.75, 3.05) is 11.4 Å². The van der Waals surface area contributed by atoms with E-state index in [0.29, 0.717) is 11.3 Å². The maximum Gasteiger partial charge on any atom is 0.323 e. The molecule has 0 spiro atoms. The molecule has 0 saturated carbocycles. The Morgan fingerprint density at radius 3 is 2.17 bits per heavy atom. The highest BCUT2D eigenvalue weighted by atomic mass is 16.4. The molecule has 23 heavy (non-hydrogen) atoms. The van der Waals surface area contributed by atoms with Gasteiger partial charge in [0, 0.05) is 11.3 Å². The van der Waals surface area contributed by atoms with E-state index in [4.69, 9.17) is 5.11 Å². The highest BCUT2D eigenvalue weighted by molar-refractivity contribution is 6.09. The predicted molar refractivity (Wildman–Crippen MR) is 89.7 cm³/mol. The van der Waals surface area contributed by atoms with Crippen LogP contribution >= 0.6 is 0 Å². The van der Waals surface area contributed by atoms with Crippen LogP contribution in [-0.4, -0.2) is 23.5 Å². The van der Waals surface area contributed by atoms with Gasteiger partial charge in [0.1, 0.15) is 6.54 Å². The summed E-state index contributed by atoms with van der Waals surface area (Å²) in [5.74, 6) is -1.38. The van der Waals surface area contributed by atoms with Gasteiger partial charge < -0.3 is 5.11 Å². The summed E-state index contributed by atoms with van der Waals surface area (Å²) >= 11 is 0. The lowest BCUT2D eigenvalue weighted by molar-refractivity contribution is -0.135. The molecule has 4 heteroatoms. The van der Waals surface area contributed by atoms with E-state index in [0.717, 1.165) is 10.8 Å². The number of rotatable bonds is 4. The Morgan fingerprint density at radius 2 is 1.48 bits per heavy atom. The summed E-state index contributed by atoms with van der Waals surface area (Å²) in [6.07, 6.45) is 0. The average molecular weight is 305 g/mol. The van der Waals surface area contributed by atoms with Crippen LogP contribution in [0.3, 0.4) is 0 Å². The fraction of sp³-hybridized carbons (Fsp3) is 0.0526. The first-order chi connectivity index (χ1) is 11.1. The summed E-state index contributed by atoms with van der Waals surface area (Å²) in [5, 5.41) is 11.1. The van der Waals surface area contributed by atoms with E-state index in [-0.39, 0.29) is 12.5 Å². The lowest BCUT2D eigenvalue weighted by atomic mass is 10.1. The van der Waals surface area contributed by atoms with E-state index in [2.05, 4.69) is 0 Å². The van der Waals surface area contributed by atoms with E-state index in [1.807, 2.05) is 36.4 Å². The Kier molecular flexibility index (Phi) is 4.06. The number of para-hydroxylation sites is 1. The van der Waals surface area contributed by atoms with Gasteiger partial charge in [-0.15, -0.1) is 0 Å². The molecule has 0 aliphatic carbocycles. The molecule has 3 rings (SSSR count). The highest BCUT2D eigenvalue weighted by Crippen LogP contribution is 2.20. The Morgan fingerprint density at radius 1 is 0.826 bits per heavy atom. The number of anilines is 1. The molecule has 0 bridgehead atoms. The minimum atomic E-state index is -1.05. The third-order valence-corrected chi connectivity index (χ3v) is 3.60. The van der Waals surface area contributed by atoms with Gasteiger partial charge >= 0.3 is 5.97 Å². The highest BCUT2D eigenvalue weighted by Gasteiger charge is 2.20. The average Bonchev–Trinajstić information content (AvgIpc) is 2.59. The van der Waals surface area contributed by atoms with Crippen LogP contribution in [0.5, 0.6) is 0 Å². The minimum absolute atomic E-state index is 0.329. The predicted octanol–water partition coefficient (Wildman–Crippen LogP) is 3.57. The molecule has 0 saturated heterocycles. The maximum absolute atomic E-state index is 12.8. The van der Waals surface area contributed by atoms with Gasteiger partial charge in [0.05, 0.1) is 0 Å². The summed E-state index contributed by atoms with van der Waals surface area (Å²) in [5.41, 5.74) is 1.03. The topological polar surface area (TPSA) is 57.6 Å². The van der Waals surface area contributed by atoms with Crippen molar-refractivity contribution in [3.8, 4) is 0 Å². The van der Waals surface area contributed by atoms with Gasteiger partial charge in [0.15, 0.2) is 0 Å². The van der Waals surface area contributed by atoms with E-state index < -0.39 is 5.97 Å². The molecule has 0 heterocycles. The molecule has 0 aromatic heterocycles. The monoisotopic (exact) mass is 305 g/mol. The summed E-state index contributed by atoms with van der Waals surface area (Å²) in [6, 6.07) is 21.9. The van der Waals surface area contributed by atoms with Crippen molar-refractivity contribution in [2.45, 2.75) is 0 Å². The van der Waals surface area contributed by atoms with Crippen LogP contribution in [0.2, 0.25) is 0 Å². The normalized spacial score (nSPS) is 10.4. The van der Waals surface area contributed by atoms with Crippen LogP contribution in [0.1, 0.15) is 10.4 Å². The van der Waals surface area contributed by atoms with Crippen molar-refractivity contribution in [2.24, 2.45) is 0 Å². The summed E-state index contributed by atoms with van der Waals surface area (Å²) in [6.45, 7) is -0.379. The van der Waals surface area contributed by atoms with Gasteiger partial charge in [-0.2, -0.15) is 0 Å². The number of carbonyl (C=O) groups is 2. The van der Waals surface area contributed by atoms with Gasteiger partial charge in [-0.05, 0) is 35.0 Å². The summed E-state index contributed by atoms with van der Waals surface area (Å²) in [7, 11) is 0. The Hall–Kier alpha value is -3.14. The van der Waals surface area contributed by atoms with Crippen molar-refractivity contribution >= 4 is 28.3 Å². The van der Waals surface area contributed by atoms with Gasteiger partial charge in [-0.25, -0.2) is 0 Å². The number of carboxylic acid groups (broad SMARTS) is 1. The number of hydrogen-bond acceptors (Lipinski definition) is 2. The van der Waals surface area contributed by atoms with E-state index in [9.17, 15) is 9.59 Å². The number of fused-ring (bicyclic) bond motifs is 1. The number of amides is 1. The fourth-order valence-electron chi connectivity index (χ4n) is 2.50. The molecule has 0 fully saturated rings. The zero-order valence-corrected chi connectivity index (χ0v) is 12.3. The zero-order chi connectivity index (χ0) is 16.2. The van der Waals surface area contributed by atoms with E-state index in [1.165, 1.54) is 4.90 Å². The third-order valence-electron chi connectivity index (χ3n) is 3.60. The fourth-order valence-corrected chi connectivity index (χ4v) is 2.50. The van der Waals surface area contributed by atoms with Gasteiger partial charge in [0.25, 0.3) is 5.91 Å². The second-order valence-electron chi connectivity index (χ2n) is 5.18. The van der Waals surface area contributed by atoms with Crippen LogP contribution in [0.4, 0.5) is 5.69 Å². The quantitative estimate of drug-likeness (QED) is 0.801. The van der Waals surface area contributed by atoms with Crippen LogP contribution in [-0.2, 0) is 4.79 Å². The van der Waals surface area contributed by atoms with E-state index >= 15 is 0 Å². The molecule has 114 valence electrons. The van der Waals surface area contributed by atoms with Gasteiger partial charge in [0.2, 0.25) is 0 Å². The van der Waals surface area contributed by atoms with Crippen LogP contribution < -0.4 is 4.90 Å². The SMILES string of the molecule is O=C(O)CN(C(=O)c1ccc2ccccc2c1)c1ccccc1. The lowest BCUT2D eigenvalue weighted by Crippen LogP contribution is -2.35. The van der Waals surface area contributed by atoms with Crippen LogP contribution in [0, 0.1) is 0 Å². The zero-order valence-electron chi connectivity index (χ0n) is 12.3.